The van der Waals surface area contributed by atoms with Gasteiger partial charge in [-0.15, -0.1) is 0 Å². The Kier molecular flexibility index (Phi) is 5.02. The molecule has 0 spiro atoms. The molecule has 1 aliphatic heterocycles. The SMILES string of the molecule is CS(=O)(=O)N(CC(=O)Nc1ccc2c(c1)OCCO2)c1cccc2ccccc12. The van der Waals surface area contributed by atoms with Gasteiger partial charge in [-0.3, -0.25) is 9.10 Å². The smallest absolute Gasteiger partial charge is 0.245 e. The number of fused-ring (bicyclic) bond motifs is 2. The van der Waals surface area contributed by atoms with Crippen LogP contribution in [-0.2, 0) is 14.8 Å². The highest BCUT2D eigenvalue weighted by atomic mass is 32.2. The number of ether oxygens (including phenoxy) is 2. The Morgan fingerprint density at radius 2 is 1.72 bits per heavy atom. The third-order valence-corrected chi connectivity index (χ3v) is 5.68. The first-order valence-electron chi connectivity index (χ1n) is 9.07. The average molecular weight is 412 g/mol. The highest BCUT2D eigenvalue weighted by molar-refractivity contribution is 7.92. The number of carbonyl (C=O) groups excluding carboxylic acids is 1. The van der Waals surface area contributed by atoms with Crippen LogP contribution in [-0.4, -0.2) is 40.3 Å². The minimum Gasteiger partial charge on any atom is -0.486 e. The number of hydrogen-bond acceptors (Lipinski definition) is 5. The highest BCUT2D eigenvalue weighted by Crippen LogP contribution is 2.33. The monoisotopic (exact) mass is 412 g/mol. The fourth-order valence-electron chi connectivity index (χ4n) is 3.26. The number of nitrogens with one attached hydrogen (secondary N) is 1. The van der Waals surface area contributed by atoms with E-state index in [0.29, 0.717) is 36.1 Å². The van der Waals surface area contributed by atoms with Crippen molar-refractivity contribution in [3.05, 3.63) is 60.7 Å². The van der Waals surface area contributed by atoms with Gasteiger partial charge in [0.05, 0.1) is 11.9 Å². The zero-order valence-electron chi connectivity index (χ0n) is 15.8. The lowest BCUT2D eigenvalue weighted by Gasteiger charge is -2.24. The van der Waals surface area contributed by atoms with Crippen LogP contribution in [0.2, 0.25) is 0 Å². The second-order valence-corrected chi connectivity index (χ2v) is 8.58. The van der Waals surface area contributed by atoms with Crippen molar-refractivity contribution in [2.75, 3.05) is 35.6 Å². The van der Waals surface area contributed by atoms with Gasteiger partial charge in [-0.2, -0.15) is 0 Å². The van der Waals surface area contributed by atoms with Crippen LogP contribution in [0.3, 0.4) is 0 Å². The van der Waals surface area contributed by atoms with Crippen LogP contribution in [0.25, 0.3) is 10.8 Å². The van der Waals surface area contributed by atoms with Crippen LogP contribution >= 0.6 is 0 Å². The Hall–Kier alpha value is -3.26. The zero-order chi connectivity index (χ0) is 20.4. The van der Waals surface area contributed by atoms with E-state index in [2.05, 4.69) is 5.32 Å². The van der Waals surface area contributed by atoms with E-state index in [-0.39, 0.29) is 6.54 Å². The van der Waals surface area contributed by atoms with Gasteiger partial charge in [-0.1, -0.05) is 36.4 Å². The molecule has 1 N–H and O–H groups in total. The van der Waals surface area contributed by atoms with Crippen molar-refractivity contribution in [3.8, 4) is 11.5 Å². The lowest BCUT2D eigenvalue weighted by molar-refractivity contribution is -0.114. The molecule has 0 aromatic heterocycles. The second-order valence-electron chi connectivity index (χ2n) is 6.67. The number of amides is 1. The molecule has 1 aliphatic rings. The fourth-order valence-corrected chi connectivity index (χ4v) is 4.13. The van der Waals surface area contributed by atoms with Crippen LogP contribution < -0.4 is 19.1 Å². The van der Waals surface area contributed by atoms with Crippen molar-refractivity contribution < 1.29 is 22.7 Å². The van der Waals surface area contributed by atoms with E-state index in [4.69, 9.17) is 9.47 Å². The van der Waals surface area contributed by atoms with Crippen molar-refractivity contribution in [1.82, 2.24) is 0 Å². The Labute approximate surface area is 168 Å². The second kappa shape index (κ2) is 7.63. The number of anilines is 2. The quantitative estimate of drug-likeness (QED) is 0.696. The molecule has 150 valence electrons. The zero-order valence-corrected chi connectivity index (χ0v) is 16.6. The van der Waals surface area contributed by atoms with Gasteiger partial charge in [0.15, 0.2) is 11.5 Å². The molecule has 0 unspecified atom stereocenters. The number of benzene rings is 3. The molecular weight excluding hydrogens is 392 g/mol. The van der Waals surface area contributed by atoms with Gasteiger partial charge < -0.3 is 14.8 Å². The molecule has 1 heterocycles. The minimum absolute atomic E-state index is 0.346. The topological polar surface area (TPSA) is 84.9 Å². The summed E-state index contributed by atoms with van der Waals surface area (Å²) >= 11 is 0. The summed E-state index contributed by atoms with van der Waals surface area (Å²) < 4.78 is 37.0. The first-order chi connectivity index (χ1) is 13.9. The van der Waals surface area contributed by atoms with E-state index < -0.39 is 15.9 Å². The first-order valence-corrected chi connectivity index (χ1v) is 10.9. The molecule has 3 aromatic rings. The van der Waals surface area contributed by atoms with E-state index in [1.54, 1.807) is 30.3 Å². The van der Waals surface area contributed by atoms with Crippen molar-refractivity contribution in [3.63, 3.8) is 0 Å². The van der Waals surface area contributed by atoms with Gasteiger partial charge in [0, 0.05) is 17.1 Å². The standard InChI is InChI=1S/C21H20N2O5S/c1-29(25,26)23(18-8-4-6-15-5-2-3-7-17(15)18)14-21(24)22-16-9-10-19-20(13-16)28-12-11-27-19/h2-10,13H,11-12,14H2,1H3,(H,22,24). The maximum Gasteiger partial charge on any atom is 0.245 e. The Morgan fingerprint density at radius 3 is 2.52 bits per heavy atom. The summed E-state index contributed by atoms with van der Waals surface area (Å²) in [5.74, 6) is 0.700. The lowest BCUT2D eigenvalue weighted by atomic mass is 10.1. The molecule has 29 heavy (non-hydrogen) atoms. The van der Waals surface area contributed by atoms with Crippen molar-refractivity contribution in [1.29, 1.82) is 0 Å². The molecule has 0 saturated carbocycles. The predicted octanol–water partition coefficient (Wildman–Crippen LogP) is 3.02. The summed E-state index contributed by atoms with van der Waals surface area (Å²) in [5, 5.41) is 4.38. The predicted molar refractivity (Wildman–Crippen MR) is 112 cm³/mol. The molecule has 0 fully saturated rings. The van der Waals surface area contributed by atoms with Crippen LogP contribution in [0.1, 0.15) is 0 Å². The van der Waals surface area contributed by atoms with Crippen LogP contribution in [0.4, 0.5) is 11.4 Å². The molecule has 0 atom stereocenters. The molecule has 4 rings (SSSR count). The van der Waals surface area contributed by atoms with Crippen LogP contribution in [0.5, 0.6) is 11.5 Å². The molecule has 8 heteroatoms. The third-order valence-electron chi connectivity index (χ3n) is 4.55. The van der Waals surface area contributed by atoms with Gasteiger partial charge in [-0.25, -0.2) is 8.42 Å². The summed E-state index contributed by atoms with van der Waals surface area (Å²) in [5.41, 5.74) is 0.966. The highest BCUT2D eigenvalue weighted by Gasteiger charge is 2.23. The number of rotatable bonds is 5. The van der Waals surface area contributed by atoms with E-state index >= 15 is 0 Å². The van der Waals surface area contributed by atoms with Crippen LogP contribution in [0.15, 0.2) is 60.7 Å². The number of carbonyl (C=O) groups is 1. The van der Waals surface area contributed by atoms with Gasteiger partial charge in [0.2, 0.25) is 15.9 Å². The Bertz CT molecular complexity index is 1170. The molecule has 1 amide bonds. The van der Waals surface area contributed by atoms with Gasteiger partial charge in [0.1, 0.15) is 19.8 Å². The minimum atomic E-state index is -3.68. The molecule has 0 saturated heterocycles. The van der Waals surface area contributed by atoms with Gasteiger partial charge in [0.25, 0.3) is 0 Å². The normalized spacial score (nSPS) is 13.1. The summed E-state index contributed by atoms with van der Waals surface area (Å²) in [4.78, 5) is 12.7. The maximum atomic E-state index is 12.7. The van der Waals surface area contributed by atoms with Crippen LogP contribution in [0, 0.1) is 0 Å². The molecule has 0 aliphatic carbocycles. The summed E-state index contributed by atoms with van der Waals surface area (Å²) in [7, 11) is -3.68. The molecule has 7 nitrogen and oxygen atoms in total. The average Bonchev–Trinajstić information content (AvgIpc) is 2.71. The van der Waals surface area contributed by atoms with Crippen molar-refractivity contribution in [2.45, 2.75) is 0 Å². The van der Waals surface area contributed by atoms with E-state index in [1.165, 1.54) is 0 Å². The first kappa shape index (κ1) is 19.1. The summed E-state index contributed by atoms with van der Waals surface area (Å²) in [6, 6.07) is 17.9. The largest absolute Gasteiger partial charge is 0.486 e. The Balaban J connectivity index is 1.60. The van der Waals surface area contributed by atoms with Crippen molar-refractivity contribution in [2.24, 2.45) is 0 Å². The van der Waals surface area contributed by atoms with Crippen molar-refractivity contribution >= 4 is 38.1 Å². The lowest BCUT2D eigenvalue weighted by Crippen LogP contribution is -2.37. The molecular formula is C21H20N2O5S. The number of nitrogens with zero attached hydrogens (tertiary/aromatic N) is 1. The summed E-state index contributed by atoms with van der Waals surface area (Å²) in [6.07, 6.45) is 1.09. The number of hydrogen-bond donors (Lipinski definition) is 1. The van der Waals surface area contributed by atoms with E-state index in [1.807, 2.05) is 30.3 Å². The molecule has 0 radical (unpaired) electrons. The summed E-state index contributed by atoms with van der Waals surface area (Å²) in [6.45, 7) is 0.571. The van der Waals surface area contributed by atoms with Gasteiger partial charge >= 0.3 is 0 Å². The fraction of sp³-hybridized carbons (Fsp3) is 0.190. The maximum absolute atomic E-state index is 12.7. The van der Waals surface area contributed by atoms with E-state index in [9.17, 15) is 13.2 Å². The number of sulfonamides is 1. The van der Waals surface area contributed by atoms with E-state index in [0.717, 1.165) is 21.3 Å². The Morgan fingerprint density at radius 1 is 1.00 bits per heavy atom. The van der Waals surface area contributed by atoms with Gasteiger partial charge in [-0.05, 0) is 23.6 Å². The molecule has 0 bridgehead atoms. The third kappa shape index (κ3) is 4.12. The molecule has 3 aromatic carbocycles.